The average Bonchev–Trinajstić information content (AvgIpc) is 2.42. The van der Waals surface area contributed by atoms with Crippen molar-refractivity contribution in [1.82, 2.24) is 15.3 Å². The molecule has 0 fully saturated rings. The smallest absolute Gasteiger partial charge is 0.138 e. The van der Waals surface area contributed by atoms with Crippen LogP contribution >= 0.6 is 0 Å². The molecule has 0 saturated heterocycles. The van der Waals surface area contributed by atoms with Crippen LogP contribution in [0.3, 0.4) is 0 Å². The summed E-state index contributed by atoms with van der Waals surface area (Å²) in [6, 6.07) is 8.23. The Labute approximate surface area is 106 Å². The molecule has 0 radical (unpaired) electrons. The van der Waals surface area contributed by atoms with Crippen molar-refractivity contribution in [2.24, 2.45) is 0 Å². The Morgan fingerprint density at radius 1 is 1.22 bits per heavy atom. The predicted molar refractivity (Wildman–Crippen MR) is 71.9 cm³/mol. The van der Waals surface area contributed by atoms with Crippen molar-refractivity contribution < 1.29 is 0 Å². The van der Waals surface area contributed by atoms with Gasteiger partial charge in [-0.2, -0.15) is 0 Å². The normalized spacial score (nSPS) is 14.1. The van der Waals surface area contributed by atoms with Gasteiger partial charge in [-0.3, -0.25) is 0 Å². The largest absolute Gasteiger partial charge is 0.340 e. The van der Waals surface area contributed by atoms with Gasteiger partial charge < -0.3 is 10.6 Å². The Morgan fingerprint density at radius 2 is 2.11 bits per heavy atom. The summed E-state index contributed by atoms with van der Waals surface area (Å²) < 4.78 is 0. The van der Waals surface area contributed by atoms with Crippen LogP contribution in [0.4, 0.5) is 11.5 Å². The molecule has 2 N–H and O–H groups in total. The van der Waals surface area contributed by atoms with Crippen molar-refractivity contribution in [3.8, 4) is 0 Å². The second kappa shape index (κ2) is 4.74. The van der Waals surface area contributed by atoms with Crippen LogP contribution in [-0.4, -0.2) is 16.5 Å². The van der Waals surface area contributed by atoms with Crippen LogP contribution in [-0.2, 0) is 13.0 Å². The summed E-state index contributed by atoms with van der Waals surface area (Å²) in [4.78, 5) is 8.72. The number of nitrogens with one attached hydrogen (secondary N) is 2. The molecule has 92 valence electrons. The molecule has 3 rings (SSSR count). The number of anilines is 2. The van der Waals surface area contributed by atoms with Gasteiger partial charge in [-0.25, -0.2) is 9.97 Å². The lowest BCUT2D eigenvalue weighted by molar-refractivity contribution is 0.627. The van der Waals surface area contributed by atoms with Gasteiger partial charge in [0.1, 0.15) is 12.1 Å². The number of hydrogen-bond donors (Lipinski definition) is 2. The Balaban J connectivity index is 1.96. The van der Waals surface area contributed by atoms with E-state index < -0.39 is 0 Å². The average molecular weight is 240 g/mol. The van der Waals surface area contributed by atoms with E-state index in [-0.39, 0.29) is 0 Å². The van der Waals surface area contributed by atoms with Crippen molar-refractivity contribution in [1.29, 1.82) is 0 Å². The summed E-state index contributed by atoms with van der Waals surface area (Å²) in [7, 11) is 0. The van der Waals surface area contributed by atoms with Crippen molar-refractivity contribution >= 4 is 11.5 Å². The van der Waals surface area contributed by atoms with Crippen LogP contribution in [0.1, 0.15) is 16.8 Å². The van der Waals surface area contributed by atoms with Crippen LogP contribution in [0.15, 0.2) is 30.6 Å². The topological polar surface area (TPSA) is 49.8 Å². The number of rotatable bonds is 2. The molecule has 1 aromatic carbocycles. The highest BCUT2D eigenvalue weighted by atomic mass is 15.0. The van der Waals surface area contributed by atoms with Gasteiger partial charge in [0, 0.05) is 30.8 Å². The lowest BCUT2D eigenvalue weighted by Crippen LogP contribution is -2.25. The Kier molecular flexibility index (Phi) is 2.94. The summed E-state index contributed by atoms with van der Waals surface area (Å²) in [5.74, 6) is 0.918. The van der Waals surface area contributed by atoms with Crippen LogP contribution in [0.2, 0.25) is 0 Å². The van der Waals surface area contributed by atoms with E-state index >= 15 is 0 Å². The third kappa shape index (κ3) is 2.07. The van der Waals surface area contributed by atoms with Gasteiger partial charge in [0.05, 0.1) is 5.69 Å². The molecule has 1 aromatic heterocycles. The zero-order valence-electron chi connectivity index (χ0n) is 10.4. The molecule has 4 nitrogen and oxygen atoms in total. The molecule has 0 saturated carbocycles. The summed E-state index contributed by atoms with van der Waals surface area (Å²) in [5.41, 5.74) is 4.66. The second-order valence-electron chi connectivity index (χ2n) is 4.51. The highest BCUT2D eigenvalue weighted by Gasteiger charge is 2.15. The maximum Gasteiger partial charge on any atom is 0.138 e. The SMILES string of the molecule is Cc1ccccc1Nc1ncnc2c1CNCC2. The first-order valence-corrected chi connectivity index (χ1v) is 6.21. The van der Waals surface area contributed by atoms with Crippen LogP contribution < -0.4 is 10.6 Å². The fraction of sp³-hybridized carbons (Fsp3) is 0.286. The molecule has 0 amide bonds. The van der Waals surface area contributed by atoms with E-state index in [4.69, 9.17) is 0 Å². The molecule has 1 aliphatic heterocycles. The second-order valence-corrected chi connectivity index (χ2v) is 4.51. The van der Waals surface area contributed by atoms with E-state index in [0.29, 0.717) is 0 Å². The summed E-state index contributed by atoms with van der Waals surface area (Å²) in [6.07, 6.45) is 2.62. The fourth-order valence-electron chi connectivity index (χ4n) is 2.22. The number of fused-ring (bicyclic) bond motifs is 1. The number of aryl methyl sites for hydroxylation is 1. The molecule has 0 spiro atoms. The molecule has 18 heavy (non-hydrogen) atoms. The zero-order valence-corrected chi connectivity index (χ0v) is 10.4. The minimum absolute atomic E-state index is 0.838. The lowest BCUT2D eigenvalue weighted by atomic mass is 10.1. The first kappa shape index (κ1) is 11.2. The Bertz CT molecular complexity index is 565. The summed E-state index contributed by atoms with van der Waals surface area (Å²) in [6.45, 7) is 3.92. The van der Waals surface area contributed by atoms with Crippen molar-refractivity contribution in [3.05, 3.63) is 47.4 Å². The van der Waals surface area contributed by atoms with E-state index in [0.717, 1.165) is 36.7 Å². The van der Waals surface area contributed by atoms with Gasteiger partial charge in [-0.05, 0) is 18.6 Å². The quantitative estimate of drug-likeness (QED) is 0.844. The molecular formula is C14H16N4. The fourth-order valence-corrected chi connectivity index (χ4v) is 2.22. The molecular weight excluding hydrogens is 224 g/mol. The van der Waals surface area contributed by atoms with Crippen LogP contribution in [0, 0.1) is 6.92 Å². The first-order valence-electron chi connectivity index (χ1n) is 6.21. The molecule has 2 heterocycles. The van der Waals surface area contributed by atoms with Crippen molar-refractivity contribution in [2.75, 3.05) is 11.9 Å². The number of aromatic nitrogens is 2. The van der Waals surface area contributed by atoms with Gasteiger partial charge in [0.2, 0.25) is 0 Å². The summed E-state index contributed by atoms with van der Waals surface area (Å²) >= 11 is 0. The predicted octanol–water partition coefficient (Wildman–Crippen LogP) is 2.17. The molecule has 2 aromatic rings. The molecule has 1 aliphatic rings. The lowest BCUT2D eigenvalue weighted by Gasteiger charge is -2.19. The van der Waals surface area contributed by atoms with Gasteiger partial charge in [-0.1, -0.05) is 18.2 Å². The molecule has 0 unspecified atom stereocenters. The molecule has 4 heteroatoms. The standard InChI is InChI=1S/C14H16N4/c1-10-4-2-3-5-12(10)18-14-11-8-15-7-6-13(11)16-9-17-14/h2-5,9,15H,6-8H2,1H3,(H,16,17,18). The molecule has 0 atom stereocenters. The molecule has 0 aliphatic carbocycles. The first-order chi connectivity index (χ1) is 8.84. The monoisotopic (exact) mass is 240 g/mol. The minimum Gasteiger partial charge on any atom is -0.340 e. The highest BCUT2D eigenvalue weighted by Crippen LogP contribution is 2.24. The van der Waals surface area contributed by atoms with Crippen LogP contribution in [0.25, 0.3) is 0 Å². The zero-order chi connectivity index (χ0) is 12.4. The van der Waals surface area contributed by atoms with Crippen molar-refractivity contribution in [3.63, 3.8) is 0 Å². The van der Waals surface area contributed by atoms with Gasteiger partial charge in [-0.15, -0.1) is 0 Å². The number of nitrogens with zero attached hydrogens (tertiary/aromatic N) is 2. The Morgan fingerprint density at radius 3 is 3.00 bits per heavy atom. The van der Waals surface area contributed by atoms with Crippen molar-refractivity contribution in [2.45, 2.75) is 19.9 Å². The maximum absolute atomic E-state index is 4.37. The third-order valence-electron chi connectivity index (χ3n) is 3.27. The van der Waals surface area contributed by atoms with E-state index in [1.807, 2.05) is 12.1 Å². The van der Waals surface area contributed by atoms with Gasteiger partial charge in [0.25, 0.3) is 0 Å². The maximum atomic E-state index is 4.37. The van der Waals surface area contributed by atoms with Crippen LogP contribution in [0.5, 0.6) is 0 Å². The summed E-state index contributed by atoms with van der Waals surface area (Å²) in [5, 5.41) is 6.77. The Hall–Kier alpha value is -1.94. The highest BCUT2D eigenvalue weighted by molar-refractivity contribution is 5.63. The van der Waals surface area contributed by atoms with E-state index in [2.05, 4.69) is 39.7 Å². The third-order valence-corrected chi connectivity index (χ3v) is 3.27. The minimum atomic E-state index is 0.838. The van der Waals surface area contributed by atoms with E-state index in [9.17, 15) is 0 Å². The van der Waals surface area contributed by atoms with E-state index in [1.54, 1.807) is 6.33 Å². The van der Waals surface area contributed by atoms with Gasteiger partial charge >= 0.3 is 0 Å². The molecule has 0 bridgehead atoms. The number of para-hydroxylation sites is 1. The number of benzene rings is 1. The number of hydrogen-bond acceptors (Lipinski definition) is 4. The van der Waals surface area contributed by atoms with Gasteiger partial charge in [0.15, 0.2) is 0 Å². The van der Waals surface area contributed by atoms with E-state index in [1.165, 1.54) is 11.1 Å².